The zero-order valence-corrected chi connectivity index (χ0v) is 16.0. The van der Waals surface area contributed by atoms with Crippen molar-refractivity contribution >= 4 is 24.1 Å². The summed E-state index contributed by atoms with van der Waals surface area (Å²) in [6, 6.07) is 0. The van der Waals surface area contributed by atoms with Gasteiger partial charge in [-0.3, -0.25) is 19.7 Å². The first-order valence-electron chi connectivity index (χ1n) is 8.76. The van der Waals surface area contributed by atoms with Crippen LogP contribution in [-0.2, 0) is 23.9 Å². The molecule has 2 unspecified atom stereocenters. The molecule has 1 fully saturated rings. The topological polar surface area (TPSA) is 175 Å². The molecule has 1 rings (SSSR count). The molecule has 2 atom stereocenters. The summed E-state index contributed by atoms with van der Waals surface area (Å²) in [7, 11) is 0. The minimum Gasteiger partial charge on any atom is -0.465 e. The lowest BCUT2D eigenvalue weighted by Crippen LogP contribution is -2.59. The number of imide groups is 1. The monoisotopic (exact) mass is 417 g/mol. The number of amides is 3. The number of carboxylic acid groups (broad SMARTS) is 1. The van der Waals surface area contributed by atoms with Crippen LogP contribution in [0.4, 0.5) is 9.59 Å². The highest BCUT2D eigenvalue weighted by Crippen LogP contribution is 2.30. The van der Waals surface area contributed by atoms with Crippen LogP contribution in [0.25, 0.3) is 0 Å². The highest BCUT2D eigenvalue weighted by molar-refractivity contribution is 5.99. The minimum atomic E-state index is -1.53. The summed E-state index contributed by atoms with van der Waals surface area (Å²) < 4.78 is 9.15. The fourth-order valence-electron chi connectivity index (χ4n) is 2.91. The van der Waals surface area contributed by atoms with Crippen LogP contribution in [0.1, 0.15) is 39.5 Å². The molecule has 1 aliphatic heterocycles. The fraction of sp³-hybridized carbons (Fsp3) is 0.625. The van der Waals surface area contributed by atoms with Crippen molar-refractivity contribution in [3.05, 3.63) is 22.3 Å². The van der Waals surface area contributed by atoms with Crippen LogP contribution in [0, 0.1) is 10.1 Å². The zero-order chi connectivity index (χ0) is 22.0. The molecule has 0 aromatic rings. The van der Waals surface area contributed by atoms with Gasteiger partial charge in [0.1, 0.15) is 12.1 Å². The van der Waals surface area contributed by atoms with Gasteiger partial charge in [0.05, 0.1) is 0 Å². The standard InChI is InChI=1S/C16H23N3O10/c1-3-16(13(21)17-14(22)23,18-9-6-7-12(18)20)8-4-5-10-27-15(24)28-11(2)29-19(25)26/h4-5,11H,3,6-10H2,1-2H3,(H,17,21)(H,22,23). The Balaban J connectivity index is 2.71. The van der Waals surface area contributed by atoms with E-state index in [0.29, 0.717) is 13.0 Å². The lowest BCUT2D eigenvalue weighted by molar-refractivity contribution is -0.777. The van der Waals surface area contributed by atoms with Gasteiger partial charge >= 0.3 is 12.2 Å². The second-order valence-corrected chi connectivity index (χ2v) is 6.04. The van der Waals surface area contributed by atoms with Gasteiger partial charge in [-0.15, -0.1) is 10.1 Å². The first-order valence-corrected chi connectivity index (χ1v) is 8.76. The van der Waals surface area contributed by atoms with Crippen LogP contribution in [0.2, 0.25) is 0 Å². The maximum absolute atomic E-state index is 12.5. The number of nitrogens with one attached hydrogen (secondary N) is 1. The lowest BCUT2D eigenvalue weighted by Gasteiger charge is -2.38. The summed E-state index contributed by atoms with van der Waals surface area (Å²) in [5.41, 5.74) is -1.39. The number of rotatable bonds is 10. The fourth-order valence-corrected chi connectivity index (χ4v) is 2.91. The molecule has 3 amide bonds. The highest BCUT2D eigenvalue weighted by Gasteiger charge is 2.46. The Kier molecular flexibility index (Phi) is 8.83. The lowest BCUT2D eigenvalue weighted by atomic mass is 9.88. The van der Waals surface area contributed by atoms with Gasteiger partial charge in [0.25, 0.3) is 11.0 Å². The maximum Gasteiger partial charge on any atom is 0.510 e. The molecule has 0 radical (unpaired) electrons. The van der Waals surface area contributed by atoms with Crippen molar-refractivity contribution in [3.63, 3.8) is 0 Å². The summed E-state index contributed by atoms with van der Waals surface area (Å²) in [5.74, 6) is -1.07. The van der Waals surface area contributed by atoms with E-state index in [2.05, 4.69) is 14.3 Å². The van der Waals surface area contributed by atoms with Gasteiger partial charge in [-0.25, -0.2) is 9.59 Å². The molecule has 1 heterocycles. The molecule has 162 valence electrons. The van der Waals surface area contributed by atoms with E-state index in [1.54, 1.807) is 12.2 Å². The number of ether oxygens (including phenoxy) is 2. The van der Waals surface area contributed by atoms with Crippen LogP contribution >= 0.6 is 0 Å². The second-order valence-electron chi connectivity index (χ2n) is 6.04. The number of hydrogen-bond acceptors (Lipinski definition) is 9. The largest absolute Gasteiger partial charge is 0.510 e. The van der Waals surface area contributed by atoms with Crippen LogP contribution in [0.3, 0.4) is 0 Å². The number of nitrogens with zero attached hydrogens (tertiary/aromatic N) is 2. The predicted molar refractivity (Wildman–Crippen MR) is 93.9 cm³/mol. The Morgan fingerprint density at radius 1 is 1.41 bits per heavy atom. The molecule has 29 heavy (non-hydrogen) atoms. The van der Waals surface area contributed by atoms with Gasteiger partial charge in [0, 0.05) is 13.0 Å². The van der Waals surface area contributed by atoms with E-state index in [-0.39, 0.29) is 31.8 Å². The summed E-state index contributed by atoms with van der Waals surface area (Å²) in [6.07, 6.45) is -0.344. The maximum atomic E-state index is 12.5. The highest BCUT2D eigenvalue weighted by atomic mass is 17.0. The third-order valence-electron chi connectivity index (χ3n) is 4.23. The molecule has 0 aliphatic carbocycles. The molecule has 13 nitrogen and oxygen atoms in total. The third kappa shape index (κ3) is 6.93. The molecule has 1 aliphatic rings. The van der Waals surface area contributed by atoms with Gasteiger partial charge < -0.3 is 19.5 Å². The van der Waals surface area contributed by atoms with Gasteiger partial charge in [-0.2, -0.15) is 0 Å². The summed E-state index contributed by atoms with van der Waals surface area (Å²) >= 11 is 0. The Bertz CT molecular complexity index is 680. The van der Waals surface area contributed by atoms with Gasteiger partial charge in [0.15, 0.2) is 0 Å². The quantitative estimate of drug-likeness (QED) is 0.173. The predicted octanol–water partition coefficient (Wildman–Crippen LogP) is 1.21. The van der Waals surface area contributed by atoms with E-state index in [1.165, 1.54) is 17.1 Å². The van der Waals surface area contributed by atoms with E-state index < -0.39 is 35.1 Å². The summed E-state index contributed by atoms with van der Waals surface area (Å²) in [6.45, 7) is 2.83. The van der Waals surface area contributed by atoms with E-state index >= 15 is 0 Å². The van der Waals surface area contributed by atoms with E-state index in [9.17, 15) is 29.3 Å². The molecule has 0 saturated carbocycles. The van der Waals surface area contributed by atoms with Crippen molar-refractivity contribution < 1.29 is 43.7 Å². The molecular formula is C16H23N3O10. The minimum absolute atomic E-state index is 0.00635. The van der Waals surface area contributed by atoms with E-state index in [0.717, 1.165) is 6.92 Å². The van der Waals surface area contributed by atoms with Gasteiger partial charge in [-0.05, 0) is 26.2 Å². The van der Waals surface area contributed by atoms with Crippen LogP contribution < -0.4 is 5.32 Å². The third-order valence-corrected chi connectivity index (χ3v) is 4.23. The average Bonchev–Trinajstić information content (AvgIpc) is 3.03. The molecule has 0 spiro atoms. The van der Waals surface area contributed by atoms with Crippen molar-refractivity contribution in [1.82, 2.24) is 10.2 Å². The number of likely N-dealkylation sites (tertiary alicyclic amines) is 1. The Morgan fingerprint density at radius 3 is 2.62 bits per heavy atom. The molecule has 2 N–H and O–H groups in total. The van der Waals surface area contributed by atoms with Crippen LogP contribution in [0.15, 0.2) is 12.2 Å². The molecule has 0 bridgehead atoms. The Labute approximate surface area is 165 Å². The zero-order valence-electron chi connectivity index (χ0n) is 16.0. The first-order chi connectivity index (χ1) is 13.6. The van der Waals surface area contributed by atoms with Crippen molar-refractivity contribution in [2.45, 2.75) is 51.4 Å². The number of carbonyl (C=O) groups is 4. The molecule has 13 heteroatoms. The smallest absolute Gasteiger partial charge is 0.465 e. The molecular weight excluding hydrogens is 394 g/mol. The molecule has 1 saturated heterocycles. The van der Waals surface area contributed by atoms with Crippen LogP contribution in [0.5, 0.6) is 0 Å². The van der Waals surface area contributed by atoms with Crippen LogP contribution in [-0.4, -0.2) is 64.1 Å². The SMILES string of the molecule is CCC(CC=CCOC(=O)OC(C)O[N+](=O)[O-])(C(=O)NC(=O)O)N1CCCC1=O. The second kappa shape index (κ2) is 10.8. The van der Waals surface area contributed by atoms with Crippen molar-refractivity contribution in [2.24, 2.45) is 0 Å². The number of hydrogen-bond donors (Lipinski definition) is 2. The van der Waals surface area contributed by atoms with Gasteiger partial charge in [0.2, 0.25) is 12.2 Å². The Morgan fingerprint density at radius 2 is 2.10 bits per heavy atom. The first kappa shape index (κ1) is 23.7. The average molecular weight is 417 g/mol. The van der Waals surface area contributed by atoms with Gasteiger partial charge in [-0.1, -0.05) is 19.1 Å². The summed E-state index contributed by atoms with van der Waals surface area (Å²) in [5, 5.41) is 19.7. The normalized spacial score (nSPS) is 16.8. The van der Waals surface area contributed by atoms with Crippen molar-refractivity contribution in [3.8, 4) is 0 Å². The van der Waals surface area contributed by atoms with Crippen molar-refractivity contribution in [1.29, 1.82) is 0 Å². The molecule has 0 aromatic carbocycles. The van der Waals surface area contributed by atoms with E-state index in [1.807, 2.05) is 0 Å². The Hall–Kier alpha value is -3.38. The van der Waals surface area contributed by atoms with Crippen molar-refractivity contribution in [2.75, 3.05) is 13.2 Å². The summed E-state index contributed by atoms with van der Waals surface area (Å²) in [4.78, 5) is 62.4. The van der Waals surface area contributed by atoms with E-state index in [4.69, 9.17) is 5.11 Å². The molecule has 0 aromatic heterocycles. The number of carbonyl (C=O) groups excluding carboxylic acids is 3.